The third-order valence-electron chi connectivity index (χ3n) is 4.92. The van der Waals surface area contributed by atoms with Gasteiger partial charge in [-0.05, 0) is 61.0 Å². The predicted molar refractivity (Wildman–Crippen MR) is 130 cm³/mol. The van der Waals surface area contributed by atoms with Crippen molar-refractivity contribution in [1.82, 2.24) is 0 Å². The van der Waals surface area contributed by atoms with Gasteiger partial charge in [-0.1, -0.05) is 37.6 Å². The fourth-order valence-corrected chi connectivity index (χ4v) is 3.08. The van der Waals surface area contributed by atoms with Gasteiger partial charge in [-0.2, -0.15) is 0 Å². The van der Waals surface area contributed by atoms with Crippen LogP contribution in [0.4, 0.5) is 17.1 Å². The van der Waals surface area contributed by atoms with Crippen LogP contribution in [0.25, 0.3) is 0 Å². The minimum Gasteiger partial charge on any atom is -0.494 e. The number of ether oxygens (including phenoxy) is 1. The Morgan fingerprint density at radius 1 is 0.906 bits per heavy atom. The van der Waals surface area contributed by atoms with E-state index in [9.17, 15) is 9.59 Å². The second-order valence-corrected chi connectivity index (χ2v) is 7.41. The maximum atomic E-state index is 12.8. The normalized spacial score (nSPS) is 10.3. The van der Waals surface area contributed by atoms with E-state index in [1.165, 1.54) is 0 Å². The molecule has 3 aromatic rings. The van der Waals surface area contributed by atoms with Crippen molar-refractivity contribution in [2.75, 3.05) is 35.7 Å². The molecule has 0 aromatic heterocycles. The maximum Gasteiger partial charge on any atom is 0.258 e. The average molecular weight is 432 g/mol. The maximum absolute atomic E-state index is 12.8. The van der Waals surface area contributed by atoms with Gasteiger partial charge < -0.3 is 20.3 Å². The summed E-state index contributed by atoms with van der Waals surface area (Å²) < 4.78 is 5.63. The number of nitrogens with zero attached hydrogens (tertiary/aromatic N) is 1. The number of nitrogens with one attached hydrogen (secondary N) is 2. The van der Waals surface area contributed by atoms with Crippen molar-refractivity contribution < 1.29 is 14.3 Å². The number of unbranched alkanes of at least 4 members (excludes halogenated alkanes) is 1. The van der Waals surface area contributed by atoms with Crippen LogP contribution >= 0.6 is 0 Å². The van der Waals surface area contributed by atoms with Crippen LogP contribution in [0.5, 0.6) is 5.75 Å². The largest absolute Gasteiger partial charge is 0.494 e. The smallest absolute Gasteiger partial charge is 0.258 e. The van der Waals surface area contributed by atoms with E-state index < -0.39 is 0 Å². The topological polar surface area (TPSA) is 70.7 Å². The minimum absolute atomic E-state index is 0.0842. The number of carbonyl (C=O) groups is 2. The highest BCUT2D eigenvalue weighted by Crippen LogP contribution is 2.18. The number of hydrogen-bond donors (Lipinski definition) is 2. The van der Waals surface area contributed by atoms with E-state index in [-0.39, 0.29) is 18.4 Å². The molecule has 0 radical (unpaired) electrons. The van der Waals surface area contributed by atoms with Gasteiger partial charge in [0.15, 0.2) is 0 Å². The number of para-hydroxylation sites is 1. The molecule has 32 heavy (non-hydrogen) atoms. The van der Waals surface area contributed by atoms with E-state index in [0.717, 1.165) is 24.3 Å². The van der Waals surface area contributed by atoms with Crippen LogP contribution in [0.1, 0.15) is 30.1 Å². The molecule has 0 heterocycles. The first-order valence-electron chi connectivity index (χ1n) is 10.8. The minimum atomic E-state index is -0.178. The molecule has 0 spiro atoms. The fourth-order valence-electron chi connectivity index (χ4n) is 3.08. The molecule has 2 N–H and O–H groups in total. The van der Waals surface area contributed by atoms with E-state index in [1.54, 1.807) is 30.1 Å². The Morgan fingerprint density at radius 2 is 1.66 bits per heavy atom. The molecule has 166 valence electrons. The van der Waals surface area contributed by atoms with Crippen molar-refractivity contribution in [2.45, 2.75) is 19.8 Å². The van der Waals surface area contributed by atoms with Crippen LogP contribution in [-0.4, -0.2) is 32.0 Å². The van der Waals surface area contributed by atoms with Gasteiger partial charge >= 0.3 is 0 Å². The molecule has 3 aromatic carbocycles. The van der Waals surface area contributed by atoms with E-state index in [4.69, 9.17) is 4.74 Å². The molecule has 0 saturated carbocycles. The molecule has 0 bridgehead atoms. The van der Waals surface area contributed by atoms with Gasteiger partial charge in [0.2, 0.25) is 5.91 Å². The Morgan fingerprint density at radius 3 is 2.38 bits per heavy atom. The highest BCUT2D eigenvalue weighted by molar-refractivity contribution is 6.06. The lowest BCUT2D eigenvalue weighted by atomic mass is 10.1. The molecule has 6 nitrogen and oxygen atoms in total. The second kappa shape index (κ2) is 11.6. The van der Waals surface area contributed by atoms with E-state index >= 15 is 0 Å². The third kappa shape index (κ3) is 6.60. The Hall–Kier alpha value is -3.80. The zero-order valence-corrected chi connectivity index (χ0v) is 18.5. The average Bonchev–Trinajstić information content (AvgIpc) is 2.84. The lowest BCUT2D eigenvalue weighted by Crippen LogP contribution is -2.26. The van der Waals surface area contributed by atoms with Crippen LogP contribution in [0.15, 0.2) is 78.9 Å². The first-order valence-corrected chi connectivity index (χ1v) is 10.8. The molecule has 0 aliphatic rings. The molecule has 0 aliphatic carbocycles. The van der Waals surface area contributed by atoms with Crippen molar-refractivity contribution in [3.05, 3.63) is 84.4 Å². The highest BCUT2D eigenvalue weighted by atomic mass is 16.5. The first kappa shape index (κ1) is 22.9. The summed E-state index contributed by atoms with van der Waals surface area (Å²) in [5.74, 6) is 0.491. The standard InChI is InChI=1S/C26H29N3O3/c1-3-4-17-32-24-15-13-21(14-16-24)28-25(30)19-27-22-10-8-9-20(18-22)26(31)29(2)23-11-6-5-7-12-23/h5-16,18,27H,3-4,17,19H2,1-2H3,(H,28,30). The number of rotatable bonds is 10. The van der Waals surface area contributed by atoms with Gasteiger partial charge in [0.25, 0.3) is 5.91 Å². The summed E-state index contributed by atoms with van der Waals surface area (Å²) in [7, 11) is 1.74. The van der Waals surface area contributed by atoms with E-state index in [2.05, 4.69) is 17.6 Å². The molecule has 0 fully saturated rings. The lowest BCUT2D eigenvalue weighted by molar-refractivity contribution is -0.114. The Balaban J connectivity index is 1.52. The van der Waals surface area contributed by atoms with Crippen LogP contribution in [0.2, 0.25) is 0 Å². The summed E-state index contributed by atoms with van der Waals surface area (Å²) in [5.41, 5.74) is 2.76. The molecule has 2 amide bonds. The van der Waals surface area contributed by atoms with Crippen molar-refractivity contribution in [3.63, 3.8) is 0 Å². The Kier molecular flexibility index (Phi) is 8.26. The number of anilines is 3. The monoisotopic (exact) mass is 431 g/mol. The quantitative estimate of drug-likeness (QED) is 0.433. The van der Waals surface area contributed by atoms with Gasteiger partial charge in [0, 0.05) is 29.7 Å². The SMILES string of the molecule is CCCCOc1ccc(NC(=O)CNc2cccc(C(=O)N(C)c3ccccc3)c2)cc1. The lowest BCUT2D eigenvalue weighted by Gasteiger charge is -2.18. The zero-order valence-electron chi connectivity index (χ0n) is 18.5. The molecular weight excluding hydrogens is 402 g/mol. The van der Waals surface area contributed by atoms with Crippen LogP contribution in [0.3, 0.4) is 0 Å². The summed E-state index contributed by atoms with van der Waals surface area (Å²) in [6, 6.07) is 23.9. The number of carbonyl (C=O) groups excluding carboxylic acids is 2. The molecule has 0 aliphatic heterocycles. The third-order valence-corrected chi connectivity index (χ3v) is 4.92. The predicted octanol–water partition coefficient (Wildman–Crippen LogP) is 5.19. The molecule has 0 unspecified atom stereocenters. The van der Waals surface area contributed by atoms with Crippen molar-refractivity contribution >= 4 is 28.9 Å². The second-order valence-electron chi connectivity index (χ2n) is 7.41. The van der Waals surface area contributed by atoms with Crippen LogP contribution in [0, 0.1) is 0 Å². The van der Waals surface area contributed by atoms with Gasteiger partial charge in [-0.15, -0.1) is 0 Å². The van der Waals surface area contributed by atoms with E-state index in [0.29, 0.717) is 23.5 Å². The molecular formula is C26H29N3O3. The first-order chi connectivity index (χ1) is 15.6. The van der Waals surface area contributed by atoms with Crippen molar-refractivity contribution in [2.24, 2.45) is 0 Å². The number of benzene rings is 3. The van der Waals surface area contributed by atoms with Gasteiger partial charge in [-0.3, -0.25) is 9.59 Å². The zero-order chi connectivity index (χ0) is 22.8. The van der Waals surface area contributed by atoms with E-state index in [1.807, 2.05) is 60.7 Å². The van der Waals surface area contributed by atoms with Gasteiger partial charge in [0.1, 0.15) is 5.75 Å². The molecule has 3 rings (SSSR count). The molecule has 6 heteroatoms. The summed E-state index contributed by atoms with van der Waals surface area (Å²) in [6.45, 7) is 2.89. The van der Waals surface area contributed by atoms with Crippen molar-refractivity contribution in [3.8, 4) is 5.75 Å². The Labute approximate surface area is 189 Å². The summed E-state index contributed by atoms with van der Waals surface area (Å²) >= 11 is 0. The number of amides is 2. The van der Waals surface area contributed by atoms with Crippen LogP contribution < -0.4 is 20.3 Å². The van der Waals surface area contributed by atoms with Crippen LogP contribution in [-0.2, 0) is 4.79 Å². The molecule has 0 atom stereocenters. The Bertz CT molecular complexity index is 1020. The summed E-state index contributed by atoms with van der Waals surface area (Å²) in [4.78, 5) is 26.7. The summed E-state index contributed by atoms with van der Waals surface area (Å²) in [5, 5.41) is 5.93. The van der Waals surface area contributed by atoms with Gasteiger partial charge in [0.05, 0.1) is 13.2 Å². The fraction of sp³-hybridized carbons (Fsp3) is 0.231. The van der Waals surface area contributed by atoms with Crippen molar-refractivity contribution in [1.29, 1.82) is 0 Å². The number of hydrogen-bond acceptors (Lipinski definition) is 4. The highest BCUT2D eigenvalue weighted by Gasteiger charge is 2.13. The summed E-state index contributed by atoms with van der Waals surface area (Å²) in [6.07, 6.45) is 2.10. The molecule has 0 saturated heterocycles. The van der Waals surface area contributed by atoms with Gasteiger partial charge in [-0.25, -0.2) is 0 Å².